The molecule has 0 fully saturated rings. The van der Waals surface area contributed by atoms with E-state index in [9.17, 15) is 4.79 Å². The Bertz CT molecular complexity index is 348. The summed E-state index contributed by atoms with van der Waals surface area (Å²) >= 11 is 4.93. The van der Waals surface area contributed by atoms with Gasteiger partial charge in [-0.2, -0.15) is 0 Å². The fraction of sp³-hybridized carbons (Fsp3) is 0.333. The quantitative estimate of drug-likeness (QED) is 0.797. The van der Waals surface area contributed by atoms with Gasteiger partial charge in [0, 0.05) is 16.4 Å². The van der Waals surface area contributed by atoms with Crippen LogP contribution >= 0.6 is 27.7 Å². The maximum absolute atomic E-state index is 10.7. The number of nitrogens with two attached hydrogens (primary N) is 2. The molecule has 15 heavy (non-hydrogen) atoms. The first-order valence-corrected chi connectivity index (χ1v) is 6.17. The number of aromatic nitrogens is 1. The molecule has 1 unspecified atom stereocenters. The highest BCUT2D eigenvalue weighted by Crippen LogP contribution is 2.24. The lowest BCUT2D eigenvalue weighted by atomic mass is 10.2. The number of carbonyl (C=O) groups excluding carboxylic acids is 1. The number of hydrogen-bond acceptors (Lipinski definition) is 4. The standard InChI is InChI=1S/C9H12BrN3OS/c10-6-2-1-4-13-9(6)15-5-3-7(11)8(12)14/h1-2,4,7H,3,5,11H2,(H2,12,14). The Hall–Kier alpha value is -0.590. The molecule has 1 aromatic rings. The number of amides is 1. The van der Waals surface area contributed by atoms with Crippen LogP contribution in [0.1, 0.15) is 6.42 Å². The maximum Gasteiger partial charge on any atom is 0.234 e. The molecule has 0 saturated carbocycles. The maximum atomic E-state index is 10.7. The normalized spacial score (nSPS) is 12.4. The largest absolute Gasteiger partial charge is 0.368 e. The molecule has 1 atom stereocenters. The Kier molecular flexibility index (Phi) is 5.07. The molecule has 1 aromatic heterocycles. The van der Waals surface area contributed by atoms with Crippen LogP contribution in [0.15, 0.2) is 27.8 Å². The van der Waals surface area contributed by atoms with Crippen molar-refractivity contribution < 1.29 is 4.79 Å². The van der Waals surface area contributed by atoms with Gasteiger partial charge in [-0.15, -0.1) is 11.8 Å². The zero-order valence-corrected chi connectivity index (χ0v) is 10.4. The van der Waals surface area contributed by atoms with Crippen LogP contribution in [0.2, 0.25) is 0 Å². The first-order chi connectivity index (χ1) is 7.11. The highest BCUT2D eigenvalue weighted by molar-refractivity contribution is 9.10. The molecule has 1 heterocycles. The minimum Gasteiger partial charge on any atom is -0.368 e. The summed E-state index contributed by atoms with van der Waals surface area (Å²) in [5.41, 5.74) is 10.5. The van der Waals surface area contributed by atoms with Crippen molar-refractivity contribution in [1.29, 1.82) is 0 Å². The third kappa shape index (κ3) is 4.19. The molecule has 0 aliphatic heterocycles. The van der Waals surface area contributed by atoms with Crippen LogP contribution in [0.25, 0.3) is 0 Å². The Morgan fingerprint density at radius 2 is 2.40 bits per heavy atom. The second-order valence-corrected chi connectivity index (χ2v) is 4.87. The van der Waals surface area contributed by atoms with Crippen LogP contribution in [0.4, 0.5) is 0 Å². The van der Waals surface area contributed by atoms with Crippen LogP contribution in [-0.4, -0.2) is 22.7 Å². The summed E-state index contributed by atoms with van der Waals surface area (Å²) in [5.74, 6) is 0.260. The average molecular weight is 290 g/mol. The van der Waals surface area contributed by atoms with E-state index >= 15 is 0 Å². The van der Waals surface area contributed by atoms with Gasteiger partial charge in [0.1, 0.15) is 5.03 Å². The van der Waals surface area contributed by atoms with Crippen molar-refractivity contribution in [2.24, 2.45) is 11.5 Å². The van der Waals surface area contributed by atoms with E-state index in [4.69, 9.17) is 11.5 Å². The monoisotopic (exact) mass is 289 g/mol. The van der Waals surface area contributed by atoms with Gasteiger partial charge >= 0.3 is 0 Å². The first-order valence-electron chi connectivity index (χ1n) is 4.39. The predicted octanol–water partition coefficient (Wildman–Crippen LogP) is 1.14. The van der Waals surface area contributed by atoms with Crippen LogP contribution in [-0.2, 0) is 4.79 Å². The molecule has 0 bridgehead atoms. The molecule has 0 spiro atoms. The fourth-order valence-corrected chi connectivity index (χ4v) is 2.41. The van der Waals surface area contributed by atoms with Crippen LogP contribution in [0.3, 0.4) is 0 Å². The summed E-state index contributed by atoms with van der Waals surface area (Å²) < 4.78 is 0.947. The van der Waals surface area contributed by atoms with E-state index < -0.39 is 11.9 Å². The fourth-order valence-electron chi connectivity index (χ4n) is 0.902. The van der Waals surface area contributed by atoms with Gasteiger partial charge in [0.2, 0.25) is 5.91 Å². The van der Waals surface area contributed by atoms with Crippen molar-refractivity contribution in [3.05, 3.63) is 22.8 Å². The van der Waals surface area contributed by atoms with Crippen molar-refractivity contribution >= 4 is 33.6 Å². The Balaban J connectivity index is 2.38. The van der Waals surface area contributed by atoms with Crippen LogP contribution in [0, 0.1) is 0 Å². The second-order valence-electron chi connectivity index (χ2n) is 2.94. The Morgan fingerprint density at radius 3 is 3.00 bits per heavy atom. The smallest absolute Gasteiger partial charge is 0.234 e. The summed E-state index contributed by atoms with van der Waals surface area (Å²) in [6, 6.07) is 3.20. The molecule has 0 radical (unpaired) electrons. The predicted molar refractivity (Wildman–Crippen MR) is 64.4 cm³/mol. The van der Waals surface area contributed by atoms with Crippen LogP contribution in [0.5, 0.6) is 0 Å². The third-order valence-electron chi connectivity index (χ3n) is 1.76. The number of halogens is 1. The van der Waals surface area contributed by atoms with Crippen molar-refractivity contribution in [2.75, 3.05) is 5.75 Å². The lowest BCUT2D eigenvalue weighted by Gasteiger charge is -2.06. The summed E-state index contributed by atoms with van der Waals surface area (Å²) in [5, 5.41) is 0.897. The van der Waals surface area contributed by atoms with E-state index in [1.54, 1.807) is 18.0 Å². The molecule has 1 rings (SSSR count). The number of hydrogen-bond donors (Lipinski definition) is 2. The highest BCUT2D eigenvalue weighted by Gasteiger charge is 2.09. The lowest BCUT2D eigenvalue weighted by molar-refractivity contribution is -0.119. The topological polar surface area (TPSA) is 82.0 Å². The molecule has 6 heteroatoms. The number of thioether (sulfide) groups is 1. The zero-order valence-electron chi connectivity index (χ0n) is 8.02. The van der Waals surface area contributed by atoms with Crippen molar-refractivity contribution in [1.82, 2.24) is 4.98 Å². The first kappa shape index (κ1) is 12.5. The van der Waals surface area contributed by atoms with E-state index in [0.29, 0.717) is 6.42 Å². The number of rotatable bonds is 5. The van der Waals surface area contributed by atoms with E-state index in [2.05, 4.69) is 20.9 Å². The van der Waals surface area contributed by atoms with E-state index in [1.165, 1.54) is 0 Å². The van der Waals surface area contributed by atoms with E-state index in [1.807, 2.05) is 12.1 Å². The lowest BCUT2D eigenvalue weighted by Crippen LogP contribution is -2.36. The van der Waals surface area contributed by atoms with Crippen LogP contribution < -0.4 is 11.5 Å². The molecule has 82 valence electrons. The zero-order chi connectivity index (χ0) is 11.3. The SMILES string of the molecule is NC(=O)C(N)CCSc1ncccc1Br. The molecule has 0 aromatic carbocycles. The average Bonchev–Trinajstić information content (AvgIpc) is 2.20. The van der Waals surface area contributed by atoms with Crippen molar-refractivity contribution in [3.63, 3.8) is 0 Å². The van der Waals surface area contributed by atoms with Gasteiger partial charge in [0.15, 0.2) is 0 Å². The molecule has 4 N–H and O–H groups in total. The molecule has 0 saturated heterocycles. The summed E-state index contributed by atoms with van der Waals surface area (Å²) in [6.45, 7) is 0. The van der Waals surface area contributed by atoms with Gasteiger partial charge in [0.05, 0.1) is 6.04 Å². The van der Waals surface area contributed by atoms with Gasteiger partial charge in [0.25, 0.3) is 0 Å². The highest BCUT2D eigenvalue weighted by atomic mass is 79.9. The molecule has 4 nitrogen and oxygen atoms in total. The summed E-state index contributed by atoms with van der Waals surface area (Å²) in [7, 11) is 0. The minimum atomic E-state index is -0.569. The summed E-state index contributed by atoms with van der Waals surface area (Å²) in [6.07, 6.45) is 2.28. The van der Waals surface area contributed by atoms with Gasteiger partial charge in [-0.3, -0.25) is 4.79 Å². The molecular formula is C9H12BrN3OS. The summed E-state index contributed by atoms with van der Waals surface area (Å²) in [4.78, 5) is 14.9. The van der Waals surface area contributed by atoms with Crippen molar-refractivity contribution in [2.45, 2.75) is 17.5 Å². The van der Waals surface area contributed by atoms with Gasteiger partial charge in [-0.1, -0.05) is 0 Å². The Labute approximate surface area is 101 Å². The third-order valence-corrected chi connectivity index (χ3v) is 3.70. The molecular weight excluding hydrogens is 278 g/mol. The second kappa shape index (κ2) is 6.09. The van der Waals surface area contributed by atoms with E-state index in [0.717, 1.165) is 15.3 Å². The molecule has 0 aliphatic rings. The number of pyridine rings is 1. The van der Waals surface area contributed by atoms with Crippen molar-refractivity contribution in [3.8, 4) is 0 Å². The number of nitrogens with zero attached hydrogens (tertiary/aromatic N) is 1. The number of carbonyl (C=O) groups is 1. The number of primary amides is 1. The molecule has 0 aliphatic carbocycles. The van der Waals surface area contributed by atoms with Gasteiger partial charge < -0.3 is 11.5 Å². The molecule has 1 amide bonds. The van der Waals surface area contributed by atoms with Gasteiger partial charge in [-0.05, 0) is 34.5 Å². The Morgan fingerprint density at radius 1 is 1.67 bits per heavy atom. The van der Waals surface area contributed by atoms with E-state index in [-0.39, 0.29) is 0 Å². The minimum absolute atomic E-state index is 0.462. The van der Waals surface area contributed by atoms with Gasteiger partial charge in [-0.25, -0.2) is 4.98 Å².